The standard InChI is InChI=1S/C34H43N5O5/c1-32(2,3)43-30(41)37-27-15-12-24(25-9-8-18-35-22-25)21-28(27)36-29(40)23-10-13-26(14-11-23)38-34(7)16-19-39(20-17-34)31(42)44-33(4,5)6/h8-15,18,21-22,38H,16-17,19-20H2,1-7H3,(H,36,40)(H,37,41). The average molecular weight is 602 g/mol. The molecule has 0 unspecified atom stereocenters. The molecule has 2 heterocycles. The van der Waals surface area contributed by atoms with Crippen LogP contribution in [0.3, 0.4) is 0 Å². The SMILES string of the molecule is CC1(Nc2ccc(C(=O)Nc3cc(-c4cccnc4)ccc3NC(=O)OC(C)(C)C)cc2)CCN(C(=O)OC(C)(C)C)CC1. The van der Waals surface area contributed by atoms with E-state index < -0.39 is 17.3 Å². The van der Waals surface area contributed by atoms with Crippen LogP contribution in [-0.4, -0.2) is 57.8 Å². The number of pyridine rings is 1. The van der Waals surface area contributed by atoms with Gasteiger partial charge < -0.3 is 25.0 Å². The van der Waals surface area contributed by atoms with Crippen molar-refractivity contribution in [2.75, 3.05) is 29.0 Å². The first kappa shape index (κ1) is 32.3. The van der Waals surface area contributed by atoms with Gasteiger partial charge in [-0.05, 0) is 109 Å². The van der Waals surface area contributed by atoms with Gasteiger partial charge in [-0.15, -0.1) is 0 Å². The maximum absolute atomic E-state index is 13.4. The topological polar surface area (TPSA) is 122 Å². The smallest absolute Gasteiger partial charge is 0.412 e. The Morgan fingerprint density at radius 1 is 0.818 bits per heavy atom. The Hall–Kier alpha value is -4.60. The number of hydrogen-bond donors (Lipinski definition) is 3. The van der Waals surface area contributed by atoms with Crippen LogP contribution in [0.2, 0.25) is 0 Å². The van der Waals surface area contributed by atoms with Gasteiger partial charge in [0.25, 0.3) is 5.91 Å². The third kappa shape index (κ3) is 9.20. The molecule has 1 aromatic heterocycles. The molecule has 0 spiro atoms. The summed E-state index contributed by atoms with van der Waals surface area (Å²) in [7, 11) is 0. The molecule has 44 heavy (non-hydrogen) atoms. The average Bonchev–Trinajstić information content (AvgIpc) is 2.93. The maximum atomic E-state index is 13.4. The van der Waals surface area contributed by atoms with E-state index in [4.69, 9.17) is 9.47 Å². The second-order valence-electron chi connectivity index (χ2n) is 13.3. The number of aromatic nitrogens is 1. The van der Waals surface area contributed by atoms with E-state index in [1.807, 2.05) is 51.1 Å². The summed E-state index contributed by atoms with van der Waals surface area (Å²) in [4.78, 5) is 44.3. The minimum Gasteiger partial charge on any atom is -0.444 e. The predicted octanol–water partition coefficient (Wildman–Crippen LogP) is 7.55. The van der Waals surface area contributed by atoms with Crippen LogP contribution in [0.15, 0.2) is 67.0 Å². The van der Waals surface area contributed by atoms with Crippen molar-refractivity contribution in [1.29, 1.82) is 0 Å². The highest BCUT2D eigenvalue weighted by atomic mass is 16.6. The zero-order valence-corrected chi connectivity index (χ0v) is 26.6. The number of hydrogen-bond acceptors (Lipinski definition) is 7. The van der Waals surface area contributed by atoms with Gasteiger partial charge in [-0.2, -0.15) is 0 Å². The van der Waals surface area contributed by atoms with Crippen molar-refractivity contribution in [1.82, 2.24) is 9.88 Å². The Labute approximate surface area is 259 Å². The molecule has 4 rings (SSSR count). The summed E-state index contributed by atoms with van der Waals surface area (Å²) in [6.07, 6.45) is 4.03. The number of anilines is 3. The fraction of sp³-hybridized carbons (Fsp3) is 0.412. The number of carbonyl (C=O) groups excluding carboxylic acids is 3. The quantitative estimate of drug-likeness (QED) is 0.267. The molecule has 0 radical (unpaired) electrons. The highest BCUT2D eigenvalue weighted by Crippen LogP contribution is 2.31. The van der Waals surface area contributed by atoms with Crippen LogP contribution < -0.4 is 16.0 Å². The normalized spacial score (nSPS) is 14.8. The lowest BCUT2D eigenvalue weighted by Crippen LogP contribution is -2.50. The van der Waals surface area contributed by atoms with Crippen LogP contribution in [-0.2, 0) is 9.47 Å². The van der Waals surface area contributed by atoms with Crippen molar-refractivity contribution >= 4 is 35.2 Å². The van der Waals surface area contributed by atoms with Crippen molar-refractivity contribution in [2.45, 2.75) is 78.0 Å². The number of ether oxygens (including phenoxy) is 2. The first-order valence-corrected chi connectivity index (χ1v) is 14.8. The molecule has 3 amide bonds. The summed E-state index contributed by atoms with van der Waals surface area (Å²) < 4.78 is 10.9. The molecule has 3 N–H and O–H groups in total. The molecule has 0 atom stereocenters. The molecule has 10 nitrogen and oxygen atoms in total. The number of rotatable bonds is 6. The van der Waals surface area contributed by atoms with E-state index >= 15 is 0 Å². The van der Waals surface area contributed by atoms with Crippen LogP contribution in [0.4, 0.5) is 26.7 Å². The first-order valence-electron chi connectivity index (χ1n) is 14.8. The predicted molar refractivity (Wildman–Crippen MR) is 173 cm³/mol. The van der Waals surface area contributed by atoms with Crippen LogP contribution >= 0.6 is 0 Å². The molecule has 0 aliphatic carbocycles. The van der Waals surface area contributed by atoms with E-state index in [1.165, 1.54) is 0 Å². The van der Waals surface area contributed by atoms with Crippen molar-refractivity contribution in [3.8, 4) is 11.1 Å². The Kier molecular flexibility index (Phi) is 9.51. The number of amides is 3. The van der Waals surface area contributed by atoms with Crippen LogP contribution in [0, 0.1) is 0 Å². The van der Waals surface area contributed by atoms with Gasteiger partial charge in [-0.3, -0.25) is 15.1 Å². The van der Waals surface area contributed by atoms with Crippen LogP contribution in [0.1, 0.15) is 71.7 Å². The van der Waals surface area contributed by atoms with E-state index in [0.29, 0.717) is 30.0 Å². The lowest BCUT2D eigenvalue weighted by molar-refractivity contribution is 0.0184. The third-order valence-corrected chi connectivity index (χ3v) is 7.01. The molecular formula is C34H43N5O5. The third-order valence-electron chi connectivity index (χ3n) is 7.01. The fourth-order valence-electron chi connectivity index (χ4n) is 4.77. The summed E-state index contributed by atoms with van der Waals surface area (Å²) in [6.45, 7) is 14.3. The fourth-order valence-corrected chi connectivity index (χ4v) is 4.77. The number of nitrogens with one attached hydrogen (secondary N) is 3. The monoisotopic (exact) mass is 601 g/mol. The summed E-state index contributed by atoms with van der Waals surface area (Å²) >= 11 is 0. The van der Waals surface area contributed by atoms with E-state index in [0.717, 1.165) is 29.7 Å². The van der Waals surface area contributed by atoms with Gasteiger partial charge >= 0.3 is 12.2 Å². The molecule has 1 aliphatic heterocycles. The van der Waals surface area contributed by atoms with Crippen LogP contribution in [0.5, 0.6) is 0 Å². The van der Waals surface area contributed by atoms with E-state index in [2.05, 4.69) is 27.9 Å². The Balaban J connectivity index is 1.44. The highest BCUT2D eigenvalue weighted by molar-refractivity contribution is 6.07. The first-order chi connectivity index (χ1) is 20.6. The van der Waals surface area contributed by atoms with E-state index in [9.17, 15) is 14.4 Å². The zero-order chi connectivity index (χ0) is 32.1. The number of piperidine rings is 1. The van der Waals surface area contributed by atoms with Crippen molar-refractivity contribution < 1.29 is 23.9 Å². The highest BCUT2D eigenvalue weighted by Gasteiger charge is 2.33. The lowest BCUT2D eigenvalue weighted by Gasteiger charge is -2.40. The Bertz CT molecular complexity index is 1470. The van der Waals surface area contributed by atoms with Crippen molar-refractivity contribution in [3.63, 3.8) is 0 Å². The summed E-state index contributed by atoms with van der Waals surface area (Å²) in [5, 5.41) is 9.27. The summed E-state index contributed by atoms with van der Waals surface area (Å²) in [5.41, 5.74) is 2.44. The molecular weight excluding hydrogens is 558 g/mol. The molecule has 0 saturated carbocycles. The zero-order valence-electron chi connectivity index (χ0n) is 26.6. The van der Waals surface area contributed by atoms with Crippen molar-refractivity contribution in [3.05, 3.63) is 72.6 Å². The van der Waals surface area contributed by atoms with Gasteiger partial charge in [-0.1, -0.05) is 12.1 Å². The van der Waals surface area contributed by atoms with Gasteiger partial charge in [-0.25, -0.2) is 9.59 Å². The minimum atomic E-state index is -0.675. The Morgan fingerprint density at radius 2 is 1.48 bits per heavy atom. The largest absolute Gasteiger partial charge is 0.444 e. The number of benzene rings is 2. The van der Waals surface area contributed by atoms with E-state index in [-0.39, 0.29) is 17.5 Å². The van der Waals surface area contributed by atoms with E-state index in [1.54, 1.807) is 62.3 Å². The number of carbonyl (C=O) groups is 3. The summed E-state index contributed by atoms with van der Waals surface area (Å²) in [6, 6.07) is 16.4. The summed E-state index contributed by atoms with van der Waals surface area (Å²) in [5.74, 6) is -0.330. The number of likely N-dealkylation sites (tertiary alicyclic amines) is 1. The van der Waals surface area contributed by atoms with Gasteiger partial charge in [0, 0.05) is 47.8 Å². The molecule has 10 heteroatoms. The molecule has 1 saturated heterocycles. The van der Waals surface area contributed by atoms with Crippen LogP contribution in [0.25, 0.3) is 11.1 Å². The van der Waals surface area contributed by atoms with Crippen molar-refractivity contribution in [2.24, 2.45) is 0 Å². The maximum Gasteiger partial charge on any atom is 0.412 e. The van der Waals surface area contributed by atoms with Gasteiger partial charge in [0.1, 0.15) is 11.2 Å². The molecule has 234 valence electrons. The molecule has 1 aliphatic rings. The van der Waals surface area contributed by atoms with Gasteiger partial charge in [0.15, 0.2) is 0 Å². The number of nitrogens with zero attached hydrogens (tertiary/aromatic N) is 2. The lowest BCUT2D eigenvalue weighted by atomic mass is 9.89. The second-order valence-corrected chi connectivity index (χ2v) is 13.3. The second kappa shape index (κ2) is 13.0. The molecule has 2 aromatic carbocycles. The Morgan fingerprint density at radius 3 is 2.07 bits per heavy atom. The molecule has 1 fully saturated rings. The minimum absolute atomic E-state index is 0.211. The molecule has 3 aromatic rings. The van der Waals surface area contributed by atoms with Gasteiger partial charge in [0.2, 0.25) is 0 Å². The van der Waals surface area contributed by atoms with Gasteiger partial charge in [0.05, 0.1) is 11.4 Å². The molecule has 0 bridgehead atoms.